The average molecular weight is 447 g/mol. The molecule has 0 bridgehead atoms. The third kappa shape index (κ3) is 4.89. The van der Waals surface area contributed by atoms with Crippen LogP contribution in [0.25, 0.3) is 17.1 Å². The van der Waals surface area contributed by atoms with Crippen molar-refractivity contribution in [1.29, 1.82) is 0 Å². The van der Waals surface area contributed by atoms with Gasteiger partial charge in [0.2, 0.25) is 5.91 Å². The van der Waals surface area contributed by atoms with Crippen molar-refractivity contribution in [3.63, 3.8) is 0 Å². The molecule has 162 valence electrons. The number of carbonyl (C=O) groups is 1. The minimum atomic E-state index is -0.312. The van der Waals surface area contributed by atoms with E-state index in [1.54, 1.807) is 12.1 Å². The first-order valence-electron chi connectivity index (χ1n) is 10.3. The van der Waals surface area contributed by atoms with Crippen molar-refractivity contribution in [1.82, 2.24) is 20.1 Å². The Morgan fingerprint density at radius 3 is 2.41 bits per heavy atom. The topological polar surface area (TPSA) is 59.8 Å². The monoisotopic (exact) mass is 446 g/mol. The Labute approximate surface area is 190 Å². The minimum absolute atomic E-state index is 0.0864. The van der Waals surface area contributed by atoms with Gasteiger partial charge in [-0.3, -0.25) is 9.36 Å². The molecule has 1 amide bonds. The average Bonchev–Trinajstić information content (AvgIpc) is 3.23. The second kappa shape index (κ2) is 9.78. The number of carbonyl (C=O) groups excluding carboxylic acids is 1. The lowest BCUT2D eigenvalue weighted by molar-refractivity contribution is -0.119. The number of benzene rings is 3. The molecule has 4 rings (SSSR count). The van der Waals surface area contributed by atoms with Crippen LogP contribution >= 0.6 is 11.8 Å². The standard InChI is InChI=1S/C25H23FN4OS/c1-17-8-6-7-11-22(17)18(2)27-23(31)16-32-25-29-28-24(19-12-14-20(26)15-13-19)30(25)21-9-4-3-5-10-21/h3-15,18H,16H2,1-2H3,(H,27,31). The number of para-hydroxylation sites is 1. The maximum atomic E-state index is 13.4. The summed E-state index contributed by atoms with van der Waals surface area (Å²) < 4.78 is 15.3. The zero-order valence-corrected chi connectivity index (χ0v) is 18.6. The molecule has 1 atom stereocenters. The molecule has 0 radical (unpaired) electrons. The number of hydrogen-bond acceptors (Lipinski definition) is 4. The fourth-order valence-electron chi connectivity index (χ4n) is 3.52. The van der Waals surface area contributed by atoms with Gasteiger partial charge in [0.05, 0.1) is 11.8 Å². The van der Waals surface area contributed by atoms with Gasteiger partial charge in [-0.05, 0) is 61.4 Å². The molecule has 0 fully saturated rings. The lowest BCUT2D eigenvalue weighted by Gasteiger charge is -2.16. The van der Waals surface area contributed by atoms with Gasteiger partial charge < -0.3 is 5.32 Å². The van der Waals surface area contributed by atoms with Gasteiger partial charge >= 0.3 is 0 Å². The molecule has 1 unspecified atom stereocenters. The molecule has 0 saturated carbocycles. The van der Waals surface area contributed by atoms with Gasteiger partial charge in [0.15, 0.2) is 11.0 Å². The van der Waals surface area contributed by atoms with Crippen LogP contribution in [0.4, 0.5) is 4.39 Å². The molecular formula is C25H23FN4OS. The highest BCUT2D eigenvalue weighted by atomic mass is 32.2. The second-order valence-corrected chi connectivity index (χ2v) is 8.36. The van der Waals surface area contributed by atoms with Gasteiger partial charge in [-0.25, -0.2) is 4.39 Å². The molecular weight excluding hydrogens is 423 g/mol. The Morgan fingerprint density at radius 1 is 1.00 bits per heavy atom. The molecule has 0 aliphatic carbocycles. The first-order valence-corrected chi connectivity index (χ1v) is 11.3. The Balaban J connectivity index is 1.54. The highest BCUT2D eigenvalue weighted by Crippen LogP contribution is 2.28. The van der Waals surface area contributed by atoms with Crippen LogP contribution < -0.4 is 5.32 Å². The fourth-order valence-corrected chi connectivity index (χ4v) is 4.29. The summed E-state index contributed by atoms with van der Waals surface area (Å²) in [7, 11) is 0. The predicted octanol–water partition coefficient (Wildman–Crippen LogP) is 5.35. The molecule has 0 saturated heterocycles. The Hall–Kier alpha value is -3.45. The van der Waals surface area contributed by atoms with E-state index in [0.717, 1.165) is 22.4 Å². The summed E-state index contributed by atoms with van der Waals surface area (Å²) in [6.45, 7) is 4.01. The summed E-state index contributed by atoms with van der Waals surface area (Å²) in [5.74, 6) is 0.391. The number of nitrogens with zero attached hydrogens (tertiary/aromatic N) is 3. The lowest BCUT2D eigenvalue weighted by atomic mass is 10.0. The molecule has 5 nitrogen and oxygen atoms in total. The van der Waals surface area contributed by atoms with Crippen molar-refractivity contribution in [3.8, 4) is 17.1 Å². The van der Waals surface area contributed by atoms with E-state index in [-0.39, 0.29) is 23.5 Å². The van der Waals surface area contributed by atoms with Gasteiger partial charge in [-0.2, -0.15) is 0 Å². The number of nitrogens with one attached hydrogen (secondary N) is 1. The first-order chi connectivity index (χ1) is 15.5. The molecule has 0 spiro atoms. The summed E-state index contributed by atoms with van der Waals surface area (Å²) in [5.41, 5.74) is 3.85. The van der Waals surface area contributed by atoms with Crippen molar-refractivity contribution in [3.05, 3.63) is 95.8 Å². The number of amides is 1. The van der Waals surface area contributed by atoms with Gasteiger partial charge in [-0.1, -0.05) is 54.2 Å². The van der Waals surface area contributed by atoms with E-state index in [1.807, 2.05) is 73.0 Å². The zero-order chi connectivity index (χ0) is 22.5. The molecule has 0 aliphatic rings. The van der Waals surface area contributed by atoms with Crippen LogP contribution in [0, 0.1) is 12.7 Å². The SMILES string of the molecule is Cc1ccccc1C(C)NC(=O)CSc1nnc(-c2ccc(F)cc2)n1-c1ccccc1. The number of rotatable bonds is 7. The number of halogens is 1. The third-order valence-corrected chi connectivity index (χ3v) is 6.04. The van der Waals surface area contributed by atoms with E-state index >= 15 is 0 Å². The molecule has 0 aliphatic heterocycles. The largest absolute Gasteiger partial charge is 0.349 e. The highest BCUT2D eigenvalue weighted by molar-refractivity contribution is 7.99. The van der Waals surface area contributed by atoms with Gasteiger partial charge in [0.25, 0.3) is 0 Å². The summed E-state index contributed by atoms with van der Waals surface area (Å²) in [6, 6.07) is 23.7. The first kappa shape index (κ1) is 21.8. The van der Waals surface area contributed by atoms with Crippen molar-refractivity contribution < 1.29 is 9.18 Å². The minimum Gasteiger partial charge on any atom is -0.349 e. The molecule has 1 aromatic heterocycles. The molecule has 32 heavy (non-hydrogen) atoms. The van der Waals surface area contributed by atoms with E-state index in [2.05, 4.69) is 15.5 Å². The van der Waals surface area contributed by atoms with Gasteiger partial charge in [0.1, 0.15) is 5.82 Å². The predicted molar refractivity (Wildman–Crippen MR) is 125 cm³/mol. The number of aromatic nitrogens is 3. The fraction of sp³-hybridized carbons (Fsp3) is 0.160. The van der Waals surface area contributed by atoms with E-state index < -0.39 is 0 Å². The number of aryl methyl sites for hydroxylation is 1. The maximum absolute atomic E-state index is 13.4. The highest BCUT2D eigenvalue weighted by Gasteiger charge is 2.18. The molecule has 3 aromatic carbocycles. The van der Waals surface area contributed by atoms with Gasteiger partial charge in [-0.15, -0.1) is 10.2 Å². The second-order valence-electron chi connectivity index (χ2n) is 7.42. The Kier molecular flexibility index (Phi) is 6.66. The van der Waals surface area contributed by atoms with Gasteiger partial charge in [0, 0.05) is 11.3 Å². The van der Waals surface area contributed by atoms with Crippen LogP contribution in [-0.4, -0.2) is 26.4 Å². The summed E-state index contributed by atoms with van der Waals surface area (Å²) >= 11 is 1.31. The summed E-state index contributed by atoms with van der Waals surface area (Å²) in [5, 5.41) is 12.3. The Bertz CT molecular complexity index is 1210. The van der Waals surface area contributed by atoms with Crippen LogP contribution in [0.5, 0.6) is 0 Å². The maximum Gasteiger partial charge on any atom is 0.230 e. The van der Waals surface area contributed by atoms with E-state index in [0.29, 0.717) is 11.0 Å². The summed E-state index contributed by atoms with van der Waals surface area (Å²) in [6.07, 6.45) is 0. The van der Waals surface area contributed by atoms with Crippen LogP contribution in [-0.2, 0) is 4.79 Å². The number of thioether (sulfide) groups is 1. The van der Waals surface area contributed by atoms with Crippen LogP contribution in [0.2, 0.25) is 0 Å². The molecule has 1 N–H and O–H groups in total. The van der Waals surface area contributed by atoms with Crippen LogP contribution in [0.15, 0.2) is 84.0 Å². The van der Waals surface area contributed by atoms with Crippen molar-refractivity contribution >= 4 is 17.7 Å². The zero-order valence-electron chi connectivity index (χ0n) is 17.8. The van der Waals surface area contributed by atoms with Crippen LogP contribution in [0.1, 0.15) is 24.1 Å². The van der Waals surface area contributed by atoms with E-state index in [4.69, 9.17) is 0 Å². The molecule has 1 heterocycles. The Morgan fingerprint density at radius 2 is 1.69 bits per heavy atom. The normalized spacial score (nSPS) is 11.8. The van der Waals surface area contributed by atoms with Crippen molar-refractivity contribution in [2.45, 2.75) is 25.0 Å². The molecule has 4 aromatic rings. The smallest absolute Gasteiger partial charge is 0.230 e. The quantitative estimate of drug-likeness (QED) is 0.389. The number of hydrogen-bond donors (Lipinski definition) is 1. The lowest BCUT2D eigenvalue weighted by Crippen LogP contribution is -2.28. The van der Waals surface area contributed by atoms with E-state index in [9.17, 15) is 9.18 Å². The molecule has 7 heteroatoms. The van der Waals surface area contributed by atoms with Crippen molar-refractivity contribution in [2.24, 2.45) is 0 Å². The van der Waals surface area contributed by atoms with Crippen LogP contribution in [0.3, 0.4) is 0 Å². The summed E-state index contributed by atoms with van der Waals surface area (Å²) in [4.78, 5) is 12.6. The van der Waals surface area contributed by atoms with Crippen molar-refractivity contribution in [2.75, 3.05) is 5.75 Å². The third-order valence-electron chi connectivity index (χ3n) is 5.11. The van der Waals surface area contributed by atoms with E-state index in [1.165, 1.54) is 23.9 Å².